The number of hydrogen-bond donors (Lipinski definition) is 2. The molecule has 1 aliphatic rings. The Kier molecular flexibility index (Phi) is 4.30. The minimum absolute atomic E-state index is 0.167. The van der Waals surface area contributed by atoms with Gasteiger partial charge in [0.25, 0.3) is 0 Å². The molecule has 0 bridgehead atoms. The number of amides is 1. The van der Waals surface area contributed by atoms with Crippen molar-refractivity contribution in [1.29, 1.82) is 0 Å². The molecule has 0 saturated carbocycles. The molecule has 1 heterocycles. The van der Waals surface area contributed by atoms with E-state index in [1.54, 1.807) is 27.7 Å². The van der Waals surface area contributed by atoms with Crippen molar-refractivity contribution in [2.24, 2.45) is 17.1 Å². The Bertz CT molecular complexity index is 371. The van der Waals surface area contributed by atoms with Crippen molar-refractivity contribution in [2.45, 2.75) is 59.0 Å². The van der Waals surface area contributed by atoms with Gasteiger partial charge in [0.05, 0.1) is 5.41 Å². The summed E-state index contributed by atoms with van der Waals surface area (Å²) in [5, 5.41) is 9.32. The van der Waals surface area contributed by atoms with E-state index in [-0.39, 0.29) is 5.91 Å². The molecule has 1 amide bonds. The van der Waals surface area contributed by atoms with E-state index < -0.39 is 23.0 Å². The molecule has 0 aromatic heterocycles. The van der Waals surface area contributed by atoms with E-state index in [1.165, 1.54) is 4.90 Å². The molecule has 1 fully saturated rings. The topological polar surface area (TPSA) is 83.6 Å². The smallest absolute Gasteiger partial charge is 0.326 e. The first-order valence-corrected chi connectivity index (χ1v) is 6.81. The van der Waals surface area contributed by atoms with Crippen LogP contribution >= 0.6 is 0 Å². The molecule has 1 aliphatic heterocycles. The molecule has 0 aliphatic carbocycles. The number of rotatable bonds is 3. The van der Waals surface area contributed by atoms with Gasteiger partial charge in [-0.15, -0.1) is 0 Å². The maximum Gasteiger partial charge on any atom is 0.326 e. The zero-order valence-corrected chi connectivity index (χ0v) is 12.6. The molecule has 3 N–H and O–H groups in total. The van der Waals surface area contributed by atoms with Crippen molar-refractivity contribution in [3.05, 3.63) is 0 Å². The molecule has 5 nitrogen and oxygen atoms in total. The van der Waals surface area contributed by atoms with Crippen molar-refractivity contribution in [3.8, 4) is 0 Å². The third kappa shape index (κ3) is 3.08. The van der Waals surface area contributed by atoms with Gasteiger partial charge in [-0.3, -0.25) is 4.79 Å². The highest BCUT2D eigenvalue weighted by atomic mass is 16.4. The average molecular weight is 270 g/mol. The Morgan fingerprint density at radius 2 is 1.79 bits per heavy atom. The third-order valence-electron chi connectivity index (χ3n) is 4.56. The second-order valence-corrected chi connectivity index (χ2v) is 6.83. The first-order valence-electron chi connectivity index (χ1n) is 6.81. The van der Waals surface area contributed by atoms with Crippen LogP contribution < -0.4 is 5.73 Å². The number of piperidine rings is 1. The van der Waals surface area contributed by atoms with Crippen LogP contribution in [0.15, 0.2) is 0 Å². The first-order chi connectivity index (χ1) is 8.48. The highest BCUT2D eigenvalue weighted by Crippen LogP contribution is 2.34. The van der Waals surface area contributed by atoms with Crippen molar-refractivity contribution < 1.29 is 14.7 Å². The van der Waals surface area contributed by atoms with Crippen molar-refractivity contribution in [2.75, 3.05) is 6.54 Å². The summed E-state index contributed by atoms with van der Waals surface area (Å²) in [4.78, 5) is 25.5. The summed E-state index contributed by atoms with van der Waals surface area (Å²) in [6.07, 6.45) is 1.36. The summed E-state index contributed by atoms with van der Waals surface area (Å²) in [5.74, 6) is -0.760. The molecule has 0 radical (unpaired) electrons. The number of nitrogens with two attached hydrogens (primary N) is 1. The van der Waals surface area contributed by atoms with Crippen LogP contribution in [0.4, 0.5) is 0 Å². The predicted molar refractivity (Wildman–Crippen MR) is 73.6 cm³/mol. The van der Waals surface area contributed by atoms with Crippen molar-refractivity contribution >= 4 is 11.9 Å². The number of carboxylic acid groups (broad SMARTS) is 1. The average Bonchev–Trinajstić information content (AvgIpc) is 2.26. The molecule has 0 aromatic rings. The fourth-order valence-corrected chi connectivity index (χ4v) is 2.25. The minimum atomic E-state index is -0.925. The first kappa shape index (κ1) is 16.0. The molecule has 0 aromatic carbocycles. The number of hydrogen-bond acceptors (Lipinski definition) is 3. The molecule has 110 valence electrons. The number of nitrogens with zero attached hydrogens (tertiary/aromatic N) is 1. The Morgan fingerprint density at radius 1 is 1.26 bits per heavy atom. The normalized spacial score (nSPS) is 25.3. The van der Waals surface area contributed by atoms with E-state index in [9.17, 15) is 14.7 Å². The zero-order chi connectivity index (χ0) is 15.0. The van der Waals surface area contributed by atoms with Gasteiger partial charge < -0.3 is 15.7 Å². The molecule has 2 unspecified atom stereocenters. The summed E-state index contributed by atoms with van der Waals surface area (Å²) < 4.78 is 0. The Labute approximate surface area is 115 Å². The summed E-state index contributed by atoms with van der Waals surface area (Å²) in [7, 11) is 0. The van der Waals surface area contributed by atoms with E-state index in [0.29, 0.717) is 18.9 Å². The number of likely N-dealkylation sites (tertiary alicyclic amines) is 1. The van der Waals surface area contributed by atoms with Gasteiger partial charge in [0.15, 0.2) is 0 Å². The van der Waals surface area contributed by atoms with E-state index in [2.05, 4.69) is 0 Å². The number of carbonyl (C=O) groups excluding carboxylic acids is 1. The molecule has 19 heavy (non-hydrogen) atoms. The zero-order valence-electron chi connectivity index (χ0n) is 12.6. The van der Waals surface area contributed by atoms with Gasteiger partial charge >= 0.3 is 5.97 Å². The summed E-state index contributed by atoms with van der Waals surface area (Å²) >= 11 is 0. The van der Waals surface area contributed by atoms with Crippen LogP contribution in [0.5, 0.6) is 0 Å². The second kappa shape index (κ2) is 5.12. The van der Waals surface area contributed by atoms with E-state index in [4.69, 9.17) is 5.73 Å². The second-order valence-electron chi connectivity index (χ2n) is 6.83. The largest absolute Gasteiger partial charge is 0.480 e. The molecule has 5 heteroatoms. The van der Waals surface area contributed by atoms with Gasteiger partial charge in [-0.05, 0) is 46.5 Å². The summed E-state index contributed by atoms with van der Waals surface area (Å²) in [6.45, 7) is 9.69. The Hall–Kier alpha value is -1.10. The summed E-state index contributed by atoms with van der Waals surface area (Å²) in [6, 6.07) is -0.724. The summed E-state index contributed by atoms with van der Waals surface area (Å²) in [5.41, 5.74) is 4.59. The van der Waals surface area contributed by atoms with Gasteiger partial charge in [-0.2, -0.15) is 0 Å². The third-order valence-corrected chi connectivity index (χ3v) is 4.56. The monoisotopic (exact) mass is 270 g/mol. The molecular formula is C14H26N2O3. The lowest BCUT2D eigenvalue weighted by Crippen LogP contribution is -2.60. The van der Waals surface area contributed by atoms with Crippen molar-refractivity contribution in [3.63, 3.8) is 0 Å². The molecule has 0 spiro atoms. The van der Waals surface area contributed by atoms with Crippen LogP contribution in [-0.4, -0.2) is 40.0 Å². The van der Waals surface area contributed by atoms with Crippen LogP contribution in [0.2, 0.25) is 0 Å². The van der Waals surface area contributed by atoms with Crippen LogP contribution in [0.3, 0.4) is 0 Å². The maximum atomic E-state index is 12.7. The Balaban J connectivity index is 3.00. The quantitative estimate of drug-likeness (QED) is 0.813. The van der Waals surface area contributed by atoms with Gasteiger partial charge in [-0.25, -0.2) is 4.79 Å². The standard InChI is InChI=1S/C14H26N2O3/c1-9-6-7-16(10(8-9)11(17)18)12(19)13(2,3)14(4,5)15/h9-10H,6-8,15H2,1-5H3,(H,17,18). The lowest BCUT2D eigenvalue weighted by molar-refractivity contribution is -0.159. The number of carbonyl (C=O) groups is 2. The SMILES string of the molecule is CC1CCN(C(=O)C(C)(C)C(C)(C)N)C(C(=O)O)C1. The van der Waals surface area contributed by atoms with E-state index >= 15 is 0 Å². The van der Waals surface area contributed by atoms with Gasteiger partial charge in [0.2, 0.25) is 5.91 Å². The lowest BCUT2D eigenvalue weighted by Gasteiger charge is -2.44. The number of carboxylic acids is 1. The van der Waals surface area contributed by atoms with Crippen LogP contribution in [0.1, 0.15) is 47.5 Å². The Morgan fingerprint density at radius 3 is 2.21 bits per heavy atom. The van der Waals surface area contributed by atoms with Crippen LogP contribution in [-0.2, 0) is 9.59 Å². The minimum Gasteiger partial charge on any atom is -0.480 e. The van der Waals surface area contributed by atoms with Crippen LogP contribution in [0.25, 0.3) is 0 Å². The van der Waals surface area contributed by atoms with Gasteiger partial charge in [-0.1, -0.05) is 6.92 Å². The number of aliphatic carboxylic acids is 1. The van der Waals surface area contributed by atoms with Crippen LogP contribution in [0, 0.1) is 11.3 Å². The lowest BCUT2D eigenvalue weighted by atomic mass is 9.73. The fraction of sp³-hybridized carbons (Fsp3) is 0.857. The van der Waals surface area contributed by atoms with Crippen molar-refractivity contribution in [1.82, 2.24) is 4.90 Å². The molecule has 1 rings (SSSR count). The molecule has 2 atom stereocenters. The fourth-order valence-electron chi connectivity index (χ4n) is 2.25. The molecular weight excluding hydrogens is 244 g/mol. The highest BCUT2D eigenvalue weighted by Gasteiger charge is 2.46. The van der Waals surface area contributed by atoms with E-state index in [1.807, 2.05) is 6.92 Å². The maximum absolute atomic E-state index is 12.7. The van der Waals surface area contributed by atoms with E-state index in [0.717, 1.165) is 6.42 Å². The van der Waals surface area contributed by atoms with Gasteiger partial charge in [0, 0.05) is 12.1 Å². The van der Waals surface area contributed by atoms with Gasteiger partial charge in [0.1, 0.15) is 6.04 Å². The highest BCUT2D eigenvalue weighted by molar-refractivity contribution is 5.88. The predicted octanol–water partition coefficient (Wildman–Crippen LogP) is 1.46. The molecule has 1 saturated heterocycles.